The van der Waals surface area contributed by atoms with Crippen LogP contribution in [0.3, 0.4) is 0 Å². The molecule has 1 aliphatic heterocycles. The first kappa shape index (κ1) is 14.2. The number of carbonyl (C=O) groups excluding carboxylic acids is 1. The highest BCUT2D eigenvalue weighted by Gasteiger charge is 2.34. The van der Waals surface area contributed by atoms with Crippen LogP contribution in [0.1, 0.15) is 45.4 Å². The summed E-state index contributed by atoms with van der Waals surface area (Å²) >= 11 is 0. The molecule has 3 atom stereocenters. The number of aliphatic carboxylic acids is 1. The number of hydrogen-bond acceptors (Lipinski definition) is 2. The van der Waals surface area contributed by atoms with Gasteiger partial charge in [0.05, 0.1) is 0 Å². The lowest BCUT2D eigenvalue weighted by Crippen LogP contribution is -2.47. The van der Waals surface area contributed by atoms with Crippen molar-refractivity contribution in [3.63, 3.8) is 0 Å². The van der Waals surface area contributed by atoms with Crippen LogP contribution in [0.15, 0.2) is 0 Å². The highest BCUT2D eigenvalue weighted by atomic mass is 16.4. The van der Waals surface area contributed by atoms with Gasteiger partial charge in [-0.05, 0) is 37.5 Å². The number of amides is 2. The maximum atomic E-state index is 12.0. The van der Waals surface area contributed by atoms with Gasteiger partial charge in [0.15, 0.2) is 0 Å². The highest BCUT2D eigenvalue weighted by molar-refractivity contribution is 5.83. The smallest absolute Gasteiger partial charge is 0.326 e. The second kappa shape index (κ2) is 6.26. The van der Waals surface area contributed by atoms with E-state index in [1.807, 2.05) is 0 Å². The van der Waals surface area contributed by atoms with Gasteiger partial charge in [0, 0.05) is 13.1 Å². The summed E-state index contributed by atoms with van der Waals surface area (Å²) in [6.07, 6.45) is 6.23. The Morgan fingerprint density at radius 3 is 2.74 bits per heavy atom. The fraction of sp³-hybridized carbons (Fsp3) is 0.857. The number of likely N-dealkylation sites (tertiary alicyclic amines) is 1. The van der Waals surface area contributed by atoms with Crippen LogP contribution in [0, 0.1) is 11.8 Å². The SMILES string of the molecule is CC1CCCC(CNC(=O)N2CCC[C@H]2C(=O)O)C1. The maximum Gasteiger partial charge on any atom is 0.326 e. The zero-order chi connectivity index (χ0) is 13.8. The first-order valence-corrected chi connectivity index (χ1v) is 7.35. The Hall–Kier alpha value is -1.26. The molecule has 0 radical (unpaired) electrons. The lowest BCUT2D eigenvalue weighted by atomic mass is 9.82. The Bertz CT molecular complexity index is 346. The Morgan fingerprint density at radius 1 is 1.26 bits per heavy atom. The molecule has 5 nitrogen and oxygen atoms in total. The maximum absolute atomic E-state index is 12.0. The van der Waals surface area contributed by atoms with Crippen molar-refractivity contribution in [3.05, 3.63) is 0 Å². The molecule has 0 aromatic heterocycles. The van der Waals surface area contributed by atoms with Gasteiger partial charge in [0.1, 0.15) is 6.04 Å². The predicted molar refractivity (Wildman–Crippen MR) is 71.9 cm³/mol. The van der Waals surface area contributed by atoms with Crippen molar-refractivity contribution in [2.24, 2.45) is 11.8 Å². The molecule has 5 heteroatoms. The summed E-state index contributed by atoms with van der Waals surface area (Å²) in [6, 6.07) is -0.839. The fourth-order valence-corrected chi connectivity index (χ4v) is 3.34. The number of nitrogens with one attached hydrogen (secondary N) is 1. The van der Waals surface area contributed by atoms with Crippen molar-refractivity contribution in [1.29, 1.82) is 0 Å². The van der Waals surface area contributed by atoms with E-state index in [9.17, 15) is 9.59 Å². The normalized spacial score (nSPS) is 31.2. The molecule has 19 heavy (non-hydrogen) atoms. The van der Waals surface area contributed by atoms with Gasteiger partial charge in [-0.25, -0.2) is 9.59 Å². The summed E-state index contributed by atoms with van der Waals surface area (Å²) in [5.74, 6) is 0.409. The third kappa shape index (κ3) is 3.61. The molecule has 2 fully saturated rings. The Labute approximate surface area is 114 Å². The third-order valence-corrected chi connectivity index (χ3v) is 4.39. The van der Waals surface area contributed by atoms with Crippen LogP contribution in [0.4, 0.5) is 4.79 Å². The molecule has 1 saturated heterocycles. The Morgan fingerprint density at radius 2 is 2.05 bits per heavy atom. The van der Waals surface area contributed by atoms with E-state index in [4.69, 9.17) is 5.11 Å². The van der Waals surface area contributed by atoms with E-state index in [1.54, 1.807) is 0 Å². The molecular formula is C14H24N2O3. The van der Waals surface area contributed by atoms with E-state index in [1.165, 1.54) is 30.6 Å². The van der Waals surface area contributed by atoms with Crippen LogP contribution in [0.2, 0.25) is 0 Å². The molecule has 1 heterocycles. The third-order valence-electron chi connectivity index (χ3n) is 4.39. The van der Waals surface area contributed by atoms with Crippen molar-refractivity contribution in [1.82, 2.24) is 10.2 Å². The average molecular weight is 268 g/mol. The second-order valence-corrected chi connectivity index (χ2v) is 6.01. The van der Waals surface area contributed by atoms with E-state index in [0.717, 1.165) is 12.3 Å². The van der Waals surface area contributed by atoms with Crippen molar-refractivity contribution in [2.75, 3.05) is 13.1 Å². The molecule has 1 aliphatic carbocycles. The monoisotopic (exact) mass is 268 g/mol. The summed E-state index contributed by atoms with van der Waals surface area (Å²) in [5, 5.41) is 12.0. The molecule has 2 amide bonds. The number of nitrogens with zero attached hydrogens (tertiary/aromatic N) is 1. The highest BCUT2D eigenvalue weighted by Crippen LogP contribution is 2.28. The molecule has 2 rings (SSSR count). The first-order chi connectivity index (χ1) is 9.08. The van der Waals surface area contributed by atoms with Crippen LogP contribution < -0.4 is 5.32 Å². The number of urea groups is 1. The zero-order valence-electron chi connectivity index (χ0n) is 11.6. The number of carboxylic acids is 1. The number of hydrogen-bond donors (Lipinski definition) is 2. The zero-order valence-corrected chi connectivity index (χ0v) is 11.6. The Kier molecular flexibility index (Phi) is 4.66. The summed E-state index contributed by atoms with van der Waals surface area (Å²) in [6.45, 7) is 3.50. The number of carboxylic acid groups (broad SMARTS) is 1. The quantitative estimate of drug-likeness (QED) is 0.823. The van der Waals surface area contributed by atoms with Crippen molar-refractivity contribution >= 4 is 12.0 Å². The molecule has 0 aromatic carbocycles. The molecule has 2 unspecified atom stereocenters. The lowest BCUT2D eigenvalue weighted by molar-refractivity contribution is -0.141. The second-order valence-electron chi connectivity index (χ2n) is 6.01. The molecule has 0 bridgehead atoms. The molecule has 0 spiro atoms. The predicted octanol–water partition coefficient (Wildman–Crippen LogP) is 2.07. The van der Waals surface area contributed by atoms with Gasteiger partial charge in [-0.2, -0.15) is 0 Å². The van der Waals surface area contributed by atoms with Gasteiger partial charge < -0.3 is 15.3 Å². The summed E-state index contributed by atoms with van der Waals surface area (Å²) in [5.41, 5.74) is 0. The summed E-state index contributed by atoms with van der Waals surface area (Å²) in [7, 11) is 0. The van der Waals surface area contributed by atoms with Crippen LogP contribution in [0.25, 0.3) is 0 Å². The van der Waals surface area contributed by atoms with Crippen molar-refractivity contribution < 1.29 is 14.7 Å². The van der Waals surface area contributed by atoms with Gasteiger partial charge >= 0.3 is 12.0 Å². The molecule has 2 N–H and O–H groups in total. The van der Waals surface area contributed by atoms with E-state index in [-0.39, 0.29) is 6.03 Å². The van der Waals surface area contributed by atoms with Gasteiger partial charge in [-0.15, -0.1) is 0 Å². The topological polar surface area (TPSA) is 69.6 Å². The first-order valence-electron chi connectivity index (χ1n) is 7.35. The van der Waals surface area contributed by atoms with E-state index < -0.39 is 12.0 Å². The van der Waals surface area contributed by atoms with Crippen LogP contribution >= 0.6 is 0 Å². The summed E-state index contributed by atoms with van der Waals surface area (Å²) < 4.78 is 0. The number of rotatable bonds is 3. The van der Waals surface area contributed by atoms with Crippen LogP contribution in [0.5, 0.6) is 0 Å². The van der Waals surface area contributed by atoms with E-state index >= 15 is 0 Å². The molecule has 1 saturated carbocycles. The molecule has 2 aliphatic rings. The van der Waals surface area contributed by atoms with Gasteiger partial charge in [-0.3, -0.25) is 0 Å². The molecule has 108 valence electrons. The minimum absolute atomic E-state index is 0.205. The van der Waals surface area contributed by atoms with Gasteiger partial charge in [0.2, 0.25) is 0 Å². The van der Waals surface area contributed by atoms with Crippen LogP contribution in [-0.2, 0) is 4.79 Å². The van der Waals surface area contributed by atoms with Crippen molar-refractivity contribution in [2.45, 2.75) is 51.5 Å². The van der Waals surface area contributed by atoms with Gasteiger partial charge in [0.25, 0.3) is 0 Å². The largest absolute Gasteiger partial charge is 0.480 e. The average Bonchev–Trinajstić information content (AvgIpc) is 2.85. The summed E-state index contributed by atoms with van der Waals surface area (Å²) in [4.78, 5) is 24.5. The minimum atomic E-state index is -0.890. The van der Waals surface area contributed by atoms with E-state index in [2.05, 4.69) is 12.2 Å². The molecule has 0 aromatic rings. The fourth-order valence-electron chi connectivity index (χ4n) is 3.34. The lowest BCUT2D eigenvalue weighted by Gasteiger charge is -2.28. The number of carbonyl (C=O) groups is 2. The molecular weight excluding hydrogens is 244 g/mol. The van der Waals surface area contributed by atoms with Crippen LogP contribution in [-0.4, -0.2) is 41.1 Å². The minimum Gasteiger partial charge on any atom is -0.480 e. The van der Waals surface area contributed by atoms with E-state index in [0.29, 0.717) is 25.4 Å². The standard InChI is InChI=1S/C14H24N2O3/c1-10-4-2-5-11(8-10)9-15-14(19)16-7-3-6-12(16)13(17)18/h10-12H,2-9H2,1H3,(H,15,19)(H,17,18)/t10?,11?,12-/m0/s1. The Balaban J connectivity index is 1.79. The van der Waals surface area contributed by atoms with Gasteiger partial charge in [-0.1, -0.05) is 19.8 Å². The van der Waals surface area contributed by atoms with Crippen molar-refractivity contribution in [3.8, 4) is 0 Å².